The highest BCUT2D eigenvalue weighted by Gasteiger charge is 2.30. The van der Waals surface area contributed by atoms with E-state index in [2.05, 4.69) is 5.32 Å². The quantitative estimate of drug-likeness (QED) is 0.850. The summed E-state index contributed by atoms with van der Waals surface area (Å²) in [7, 11) is 0. The maximum Gasteiger partial charge on any atom is 0.304 e. The minimum absolute atomic E-state index is 0.0120. The molecular weight excluding hydrogens is 244 g/mol. The number of nitrogens with zero attached hydrogens (tertiary/aromatic N) is 1. The summed E-state index contributed by atoms with van der Waals surface area (Å²) in [5.41, 5.74) is 1.06. The number of benzene rings is 1. The first-order valence-electron chi connectivity index (χ1n) is 6.37. The average molecular weight is 262 g/mol. The highest BCUT2D eigenvalue weighted by Crippen LogP contribution is 2.22. The van der Waals surface area contributed by atoms with Gasteiger partial charge in [0.15, 0.2) is 0 Å². The zero-order valence-corrected chi connectivity index (χ0v) is 10.9. The zero-order chi connectivity index (χ0) is 13.8. The van der Waals surface area contributed by atoms with E-state index >= 15 is 0 Å². The number of nitrogens with one attached hydrogen (secondary N) is 1. The number of carbonyl (C=O) groups is 2. The van der Waals surface area contributed by atoms with Crippen LogP contribution in [0, 0.1) is 0 Å². The molecule has 1 heterocycles. The summed E-state index contributed by atoms with van der Waals surface area (Å²) < 4.78 is 0. The van der Waals surface area contributed by atoms with Crippen molar-refractivity contribution >= 4 is 11.9 Å². The summed E-state index contributed by atoms with van der Waals surface area (Å²) in [6, 6.07) is 9.55. The lowest BCUT2D eigenvalue weighted by atomic mass is 10.0. The molecule has 0 radical (unpaired) electrons. The van der Waals surface area contributed by atoms with Crippen molar-refractivity contribution in [1.82, 2.24) is 10.2 Å². The van der Waals surface area contributed by atoms with Gasteiger partial charge in [-0.25, -0.2) is 0 Å². The Kier molecular flexibility index (Phi) is 4.16. The van der Waals surface area contributed by atoms with Crippen LogP contribution in [0.4, 0.5) is 0 Å². The van der Waals surface area contributed by atoms with Gasteiger partial charge in [0.05, 0.1) is 19.0 Å². The second-order valence-electron chi connectivity index (χ2n) is 4.81. The largest absolute Gasteiger partial charge is 0.481 e. The Morgan fingerprint density at radius 2 is 2.16 bits per heavy atom. The lowest BCUT2D eigenvalue weighted by molar-refractivity contribution is -0.141. The van der Waals surface area contributed by atoms with Gasteiger partial charge in [0.25, 0.3) is 0 Å². The molecule has 2 rings (SSSR count). The third-order valence-electron chi connectivity index (χ3n) is 3.45. The molecule has 1 saturated heterocycles. The minimum atomic E-state index is -0.848. The van der Waals surface area contributed by atoms with Crippen LogP contribution in [-0.2, 0) is 9.59 Å². The molecule has 0 bridgehead atoms. The molecule has 102 valence electrons. The van der Waals surface area contributed by atoms with Crippen molar-refractivity contribution in [2.24, 2.45) is 0 Å². The van der Waals surface area contributed by atoms with Crippen molar-refractivity contribution in [2.45, 2.75) is 25.4 Å². The van der Waals surface area contributed by atoms with E-state index in [1.165, 1.54) is 0 Å². The van der Waals surface area contributed by atoms with Gasteiger partial charge >= 0.3 is 5.97 Å². The maximum absolute atomic E-state index is 12.0. The predicted octanol–water partition coefficient (Wildman–Crippen LogP) is 1.02. The van der Waals surface area contributed by atoms with Crippen LogP contribution in [0.15, 0.2) is 30.3 Å². The molecule has 1 amide bonds. The molecule has 1 aromatic carbocycles. The first kappa shape index (κ1) is 13.5. The van der Waals surface area contributed by atoms with E-state index in [1.54, 1.807) is 4.90 Å². The Labute approximate surface area is 112 Å². The van der Waals surface area contributed by atoms with Gasteiger partial charge in [0.2, 0.25) is 5.91 Å². The molecule has 2 unspecified atom stereocenters. The van der Waals surface area contributed by atoms with E-state index < -0.39 is 5.97 Å². The molecule has 0 saturated carbocycles. The van der Waals surface area contributed by atoms with Crippen LogP contribution in [0.3, 0.4) is 0 Å². The summed E-state index contributed by atoms with van der Waals surface area (Å²) >= 11 is 0. The molecule has 0 aromatic heterocycles. The van der Waals surface area contributed by atoms with E-state index in [4.69, 9.17) is 5.11 Å². The van der Waals surface area contributed by atoms with Crippen LogP contribution in [0.25, 0.3) is 0 Å². The third kappa shape index (κ3) is 3.32. The van der Waals surface area contributed by atoms with Crippen molar-refractivity contribution in [3.8, 4) is 0 Å². The number of piperazine rings is 1. The molecule has 2 atom stereocenters. The Morgan fingerprint density at radius 3 is 2.79 bits per heavy atom. The summed E-state index contributed by atoms with van der Waals surface area (Å²) in [5.74, 6) is -0.836. The van der Waals surface area contributed by atoms with Crippen LogP contribution >= 0.6 is 0 Å². The van der Waals surface area contributed by atoms with Crippen LogP contribution in [-0.4, -0.2) is 41.0 Å². The molecule has 1 aromatic rings. The third-order valence-corrected chi connectivity index (χ3v) is 3.45. The molecule has 5 heteroatoms. The average Bonchev–Trinajstić information content (AvgIpc) is 2.40. The van der Waals surface area contributed by atoms with Crippen LogP contribution in [0.2, 0.25) is 0 Å². The van der Waals surface area contributed by atoms with Gasteiger partial charge in [-0.2, -0.15) is 0 Å². The second kappa shape index (κ2) is 5.84. The molecule has 5 nitrogen and oxygen atoms in total. The first-order valence-corrected chi connectivity index (χ1v) is 6.37. The number of hydrogen-bond acceptors (Lipinski definition) is 3. The van der Waals surface area contributed by atoms with Gasteiger partial charge in [-0.05, 0) is 12.5 Å². The van der Waals surface area contributed by atoms with Gasteiger partial charge in [-0.1, -0.05) is 30.3 Å². The van der Waals surface area contributed by atoms with Gasteiger partial charge in [-0.15, -0.1) is 0 Å². The highest BCUT2D eigenvalue weighted by molar-refractivity contribution is 5.80. The zero-order valence-electron chi connectivity index (χ0n) is 10.9. The number of hydrogen-bond donors (Lipinski definition) is 2. The summed E-state index contributed by atoms with van der Waals surface area (Å²) in [6.07, 6.45) is 0.0330. The fourth-order valence-electron chi connectivity index (χ4n) is 2.37. The fraction of sp³-hybridized carbons (Fsp3) is 0.429. The van der Waals surface area contributed by atoms with Crippen LogP contribution in [0.1, 0.15) is 24.9 Å². The molecular formula is C14H18N2O3. The Morgan fingerprint density at radius 1 is 1.47 bits per heavy atom. The Bertz CT molecular complexity index is 461. The normalized spacial score (nSPS) is 21.2. The molecule has 1 fully saturated rings. The van der Waals surface area contributed by atoms with E-state index in [9.17, 15) is 9.59 Å². The molecule has 19 heavy (non-hydrogen) atoms. The van der Waals surface area contributed by atoms with E-state index in [0.717, 1.165) is 5.56 Å². The smallest absolute Gasteiger partial charge is 0.304 e. The van der Waals surface area contributed by atoms with Crippen LogP contribution in [0.5, 0.6) is 0 Å². The van der Waals surface area contributed by atoms with Gasteiger partial charge in [-0.3, -0.25) is 9.59 Å². The predicted molar refractivity (Wildman–Crippen MR) is 70.6 cm³/mol. The van der Waals surface area contributed by atoms with Crippen molar-refractivity contribution in [1.29, 1.82) is 0 Å². The lowest BCUT2D eigenvalue weighted by Gasteiger charge is -2.37. The number of carbonyl (C=O) groups excluding carboxylic acids is 1. The number of aliphatic carboxylic acids is 1. The van der Waals surface area contributed by atoms with E-state index in [1.807, 2.05) is 37.3 Å². The van der Waals surface area contributed by atoms with Gasteiger partial charge < -0.3 is 15.3 Å². The summed E-state index contributed by atoms with van der Waals surface area (Å²) in [4.78, 5) is 24.5. The van der Waals surface area contributed by atoms with Crippen molar-refractivity contribution in [3.05, 3.63) is 35.9 Å². The van der Waals surface area contributed by atoms with E-state index in [0.29, 0.717) is 6.54 Å². The molecule has 1 aliphatic heterocycles. The Balaban J connectivity index is 2.08. The van der Waals surface area contributed by atoms with E-state index in [-0.39, 0.29) is 31.0 Å². The number of amides is 1. The molecule has 1 aliphatic rings. The van der Waals surface area contributed by atoms with Crippen molar-refractivity contribution in [2.75, 3.05) is 13.1 Å². The lowest BCUT2D eigenvalue weighted by Crippen LogP contribution is -2.55. The second-order valence-corrected chi connectivity index (χ2v) is 4.81. The summed E-state index contributed by atoms with van der Waals surface area (Å²) in [6.45, 7) is 2.60. The molecule has 0 spiro atoms. The number of carboxylic acids is 1. The molecule has 2 N–H and O–H groups in total. The molecule has 0 aliphatic carbocycles. The highest BCUT2D eigenvalue weighted by atomic mass is 16.4. The standard InChI is InChI=1S/C14H18N2O3/c1-10(11-5-3-2-4-6-11)16-9-12(7-14(18)19)15-8-13(16)17/h2-6,10,12,15H,7-9H2,1H3,(H,18,19). The van der Waals surface area contributed by atoms with Gasteiger partial charge in [0, 0.05) is 12.6 Å². The van der Waals surface area contributed by atoms with Crippen LogP contribution < -0.4 is 5.32 Å². The van der Waals surface area contributed by atoms with Gasteiger partial charge in [0.1, 0.15) is 0 Å². The summed E-state index contributed by atoms with van der Waals surface area (Å²) in [5, 5.41) is 11.8. The first-order chi connectivity index (χ1) is 9.08. The number of carboxylic acid groups (broad SMARTS) is 1. The van der Waals surface area contributed by atoms with Crippen molar-refractivity contribution < 1.29 is 14.7 Å². The topological polar surface area (TPSA) is 69.6 Å². The van der Waals surface area contributed by atoms with Crippen molar-refractivity contribution in [3.63, 3.8) is 0 Å². The maximum atomic E-state index is 12.0. The fourth-order valence-corrected chi connectivity index (χ4v) is 2.37. The SMILES string of the molecule is CC(c1ccccc1)N1CC(CC(=O)O)NCC1=O. The number of rotatable bonds is 4. The minimum Gasteiger partial charge on any atom is -0.481 e. The Hall–Kier alpha value is -1.88. The monoisotopic (exact) mass is 262 g/mol.